The molecule has 0 radical (unpaired) electrons. The quantitative estimate of drug-likeness (QED) is 0.740. The van der Waals surface area contributed by atoms with Crippen molar-refractivity contribution < 1.29 is 9.84 Å². The van der Waals surface area contributed by atoms with Crippen molar-refractivity contribution >= 4 is 16.3 Å². The molecule has 26 heavy (non-hydrogen) atoms. The van der Waals surface area contributed by atoms with Crippen LogP contribution in [0.2, 0.25) is 0 Å². The fourth-order valence-corrected chi connectivity index (χ4v) is 4.64. The lowest BCUT2D eigenvalue weighted by atomic mass is 10.0. The van der Waals surface area contributed by atoms with Gasteiger partial charge in [0, 0.05) is 26.2 Å². The largest absolute Gasteiger partial charge is 0.497 e. The Morgan fingerprint density at radius 1 is 1.27 bits per heavy atom. The average Bonchev–Trinajstić information content (AvgIpc) is 3.26. The van der Waals surface area contributed by atoms with E-state index in [2.05, 4.69) is 32.9 Å². The molecular formula is C18H23N5O2S. The average molecular weight is 373 g/mol. The van der Waals surface area contributed by atoms with Gasteiger partial charge in [-0.3, -0.25) is 4.90 Å². The predicted molar refractivity (Wildman–Crippen MR) is 101 cm³/mol. The van der Waals surface area contributed by atoms with Gasteiger partial charge in [0.2, 0.25) is 10.8 Å². The number of likely N-dealkylation sites (N-methyl/N-ethyl adjacent to an activating group) is 1. The fraction of sp³-hybridized carbons (Fsp3) is 0.444. The number of methoxy groups -OCH3 is 1. The molecule has 138 valence electrons. The van der Waals surface area contributed by atoms with Crippen LogP contribution in [0.4, 0.5) is 0 Å². The zero-order valence-corrected chi connectivity index (χ0v) is 15.8. The molecule has 8 heteroatoms. The van der Waals surface area contributed by atoms with E-state index in [-0.39, 0.29) is 11.9 Å². The van der Waals surface area contributed by atoms with Gasteiger partial charge in [-0.25, -0.2) is 4.98 Å². The molecule has 1 fully saturated rings. The van der Waals surface area contributed by atoms with E-state index >= 15 is 0 Å². The number of hydrogen-bond donors (Lipinski definition) is 1. The molecule has 3 heterocycles. The maximum Gasteiger partial charge on any atom is 0.230 e. The Bertz CT molecular complexity index is 885. The van der Waals surface area contributed by atoms with Crippen molar-refractivity contribution in [1.82, 2.24) is 24.4 Å². The lowest BCUT2D eigenvalue weighted by Crippen LogP contribution is -2.47. The summed E-state index contributed by atoms with van der Waals surface area (Å²) in [5.41, 5.74) is 1.11. The Balaban J connectivity index is 1.76. The van der Waals surface area contributed by atoms with E-state index in [1.807, 2.05) is 18.2 Å². The van der Waals surface area contributed by atoms with Crippen LogP contribution in [0.25, 0.3) is 4.96 Å². The van der Waals surface area contributed by atoms with Crippen LogP contribution in [0.15, 0.2) is 30.6 Å². The Labute approximate surface area is 156 Å². The molecule has 0 aliphatic carbocycles. The van der Waals surface area contributed by atoms with Crippen LogP contribution >= 0.6 is 11.3 Å². The third-order valence-corrected chi connectivity index (χ3v) is 6.10. The molecule has 1 aliphatic heterocycles. The third kappa shape index (κ3) is 3.04. The van der Waals surface area contributed by atoms with Gasteiger partial charge < -0.3 is 14.7 Å². The van der Waals surface area contributed by atoms with Gasteiger partial charge in [-0.15, -0.1) is 0 Å². The first kappa shape index (κ1) is 17.3. The summed E-state index contributed by atoms with van der Waals surface area (Å²) in [6.45, 7) is 7.21. The summed E-state index contributed by atoms with van der Waals surface area (Å²) in [6.07, 6.45) is 1.47. The van der Waals surface area contributed by atoms with E-state index in [4.69, 9.17) is 4.74 Å². The zero-order valence-electron chi connectivity index (χ0n) is 15.0. The molecule has 1 aliphatic rings. The van der Waals surface area contributed by atoms with Crippen LogP contribution < -0.4 is 4.74 Å². The number of fused-ring (bicyclic) bond motifs is 1. The van der Waals surface area contributed by atoms with E-state index in [0.29, 0.717) is 4.96 Å². The number of ether oxygens (including phenoxy) is 1. The first-order valence-electron chi connectivity index (χ1n) is 8.83. The smallest absolute Gasteiger partial charge is 0.230 e. The molecule has 2 aromatic heterocycles. The summed E-state index contributed by atoms with van der Waals surface area (Å²) in [6, 6.07) is 8.04. The van der Waals surface area contributed by atoms with Crippen LogP contribution in [-0.2, 0) is 0 Å². The maximum atomic E-state index is 10.8. The van der Waals surface area contributed by atoms with Crippen molar-refractivity contribution in [1.29, 1.82) is 0 Å². The number of aromatic nitrogens is 3. The Morgan fingerprint density at radius 2 is 2.08 bits per heavy atom. The maximum absolute atomic E-state index is 10.8. The minimum absolute atomic E-state index is 0.0439. The highest BCUT2D eigenvalue weighted by atomic mass is 32.1. The molecule has 1 N–H and O–H groups in total. The number of aromatic hydroxyl groups is 1. The monoisotopic (exact) mass is 373 g/mol. The van der Waals surface area contributed by atoms with Gasteiger partial charge in [-0.1, -0.05) is 30.4 Å². The molecular weight excluding hydrogens is 350 g/mol. The standard InChI is InChI=1S/C18H23N5O2S/c1-3-21-7-9-22(10-8-21)15(13-5-4-6-14(11-13)25-2)16-17(24)23-18(26-16)19-12-20-23/h4-6,11-12,15,24H,3,7-10H2,1-2H3. The molecule has 0 saturated carbocycles. The number of thiazole rings is 1. The van der Waals surface area contributed by atoms with Crippen molar-refractivity contribution in [3.63, 3.8) is 0 Å². The highest BCUT2D eigenvalue weighted by Crippen LogP contribution is 2.40. The minimum atomic E-state index is -0.0439. The van der Waals surface area contributed by atoms with Gasteiger partial charge in [-0.2, -0.15) is 9.61 Å². The summed E-state index contributed by atoms with van der Waals surface area (Å²) in [7, 11) is 1.68. The molecule has 1 saturated heterocycles. The van der Waals surface area contributed by atoms with E-state index in [1.54, 1.807) is 7.11 Å². The number of nitrogens with zero attached hydrogens (tertiary/aromatic N) is 5. The van der Waals surface area contributed by atoms with Crippen LogP contribution in [0.1, 0.15) is 23.4 Å². The second kappa shape index (κ2) is 7.22. The van der Waals surface area contributed by atoms with Gasteiger partial charge in [-0.05, 0) is 24.2 Å². The van der Waals surface area contributed by atoms with E-state index in [9.17, 15) is 5.11 Å². The molecule has 3 aromatic rings. The second-order valence-electron chi connectivity index (χ2n) is 6.39. The Kier molecular flexibility index (Phi) is 4.80. The summed E-state index contributed by atoms with van der Waals surface area (Å²) < 4.78 is 6.93. The van der Waals surface area contributed by atoms with Crippen molar-refractivity contribution in [2.75, 3.05) is 39.8 Å². The van der Waals surface area contributed by atoms with Gasteiger partial charge in [0.1, 0.15) is 12.1 Å². The molecule has 0 spiro atoms. The Morgan fingerprint density at radius 3 is 2.77 bits per heavy atom. The predicted octanol–water partition coefficient (Wildman–Crippen LogP) is 2.23. The first-order valence-corrected chi connectivity index (χ1v) is 9.64. The topological polar surface area (TPSA) is 66.1 Å². The van der Waals surface area contributed by atoms with Crippen LogP contribution in [0.3, 0.4) is 0 Å². The number of hydrogen-bond acceptors (Lipinski definition) is 7. The van der Waals surface area contributed by atoms with Crippen molar-refractivity contribution in [3.8, 4) is 11.6 Å². The normalized spacial score (nSPS) is 17.6. The molecule has 7 nitrogen and oxygen atoms in total. The Hall–Kier alpha value is -2.16. The molecule has 0 bridgehead atoms. The lowest BCUT2D eigenvalue weighted by molar-refractivity contribution is 0.113. The summed E-state index contributed by atoms with van der Waals surface area (Å²) >= 11 is 1.49. The first-order chi connectivity index (χ1) is 12.7. The van der Waals surface area contributed by atoms with Gasteiger partial charge in [0.25, 0.3) is 0 Å². The van der Waals surface area contributed by atoms with E-state index < -0.39 is 0 Å². The lowest BCUT2D eigenvalue weighted by Gasteiger charge is -2.38. The van der Waals surface area contributed by atoms with E-state index in [1.165, 1.54) is 22.2 Å². The van der Waals surface area contributed by atoms with Crippen LogP contribution in [0, 0.1) is 0 Å². The molecule has 1 atom stereocenters. The van der Waals surface area contributed by atoms with Gasteiger partial charge in [0.05, 0.1) is 18.0 Å². The van der Waals surface area contributed by atoms with Crippen LogP contribution in [0.5, 0.6) is 11.6 Å². The summed E-state index contributed by atoms with van der Waals surface area (Å²) in [5, 5.41) is 14.9. The SMILES string of the molecule is CCN1CCN(C(c2cccc(OC)c2)c2sc3ncnn3c2O)CC1. The van der Waals surface area contributed by atoms with Crippen molar-refractivity contribution in [3.05, 3.63) is 41.0 Å². The molecule has 1 aromatic carbocycles. The number of benzene rings is 1. The summed E-state index contributed by atoms with van der Waals surface area (Å²) in [5.74, 6) is 0.992. The van der Waals surface area contributed by atoms with Crippen LogP contribution in [-0.4, -0.2) is 69.3 Å². The third-order valence-electron chi connectivity index (χ3n) is 5.02. The number of piperazine rings is 1. The molecule has 0 amide bonds. The second-order valence-corrected chi connectivity index (χ2v) is 7.40. The van der Waals surface area contributed by atoms with Gasteiger partial charge in [0.15, 0.2) is 0 Å². The highest BCUT2D eigenvalue weighted by molar-refractivity contribution is 7.17. The molecule has 4 rings (SSSR count). The molecule has 1 unspecified atom stereocenters. The van der Waals surface area contributed by atoms with Crippen molar-refractivity contribution in [2.24, 2.45) is 0 Å². The summed E-state index contributed by atoms with van der Waals surface area (Å²) in [4.78, 5) is 10.7. The van der Waals surface area contributed by atoms with Crippen molar-refractivity contribution in [2.45, 2.75) is 13.0 Å². The van der Waals surface area contributed by atoms with Gasteiger partial charge >= 0.3 is 0 Å². The zero-order chi connectivity index (χ0) is 18.1. The highest BCUT2D eigenvalue weighted by Gasteiger charge is 2.31. The van der Waals surface area contributed by atoms with E-state index in [0.717, 1.165) is 48.9 Å². The fourth-order valence-electron chi connectivity index (χ4n) is 3.55. The number of rotatable bonds is 5. The minimum Gasteiger partial charge on any atom is -0.497 e.